The lowest BCUT2D eigenvalue weighted by Gasteiger charge is -2.10. The fourth-order valence-electron chi connectivity index (χ4n) is 3.44. The molecule has 7 heteroatoms. The number of hydrogen-bond donors (Lipinski definition) is 2. The highest BCUT2D eigenvalue weighted by Crippen LogP contribution is 2.18. The molecule has 0 saturated heterocycles. The number of rotatable bonds is 9. The van der Waals surface area contributed by atoms with E-state index in [9.17, 15) is 4.79 Å². The number of ether oxygens (including phenoxy) is 1. The predicted octanol–water partition coefficient (Wildman–Crippen LogP) is 5.20. The maximum Gasteiger partial charge on any atom is 0.222 e. The molecule has 0 aliphatic heterocycles. The first-order chi connectivity index (χ1) is 16.1. The minimum Gasteiger partial charge on any atom is -0.489 e. The van der Waals surface area contributed by atoms with Crippen LogP contribution in [0.25, 0.3) is 11.4 Å². The number of aromatic amines is 1. The monoisotopic (exact) mass is 458 g/mol. The van der Waals surface area contributed by atoms with Crippen molar-refractivity contribution >= 4 is 18.1 Å². The Labute approximate surface area is 198 Å². The minimum atomic E-state index is -0.0523. The number of H-pyrrole nitrogens is 1. The van der Waals surface area contributed by atoms with Gasteiger partial charge in [-0.2, -0.15) is 5.10 Å². The number of aromatic nitrogens is 3. The van der Waals surface area contributed by atoms with Crippen LogP contribution in [0.15, 0.2) is 78.9 Å². The van der Waals surface area contributed by atoms with Crippen molar-refractivity contribution in [2.45, 2.75) is 33.0 Å². The summed E-state index contributed by atoms with van der Waals surface area (Å²) in [4.78, 5) is 12.5. The van der Waals surface area contributed by atoms with E-state index < -0.39 is 0 Å². The molecule has 0 bridgehead atoms. The van der Waals surface area contributed by atoms with E-state index in [0.29, 0.717) is 30.9 Å². The Kier molecular flexibility index (Phi) is 7.32. The van der Waals surface area contributed by atoms with Gasteiger partial charge in [0, 0.05) is 25.1 Å². The Balaban J connectivity index is 1.30. The van der Waals surface area contributed by atoms with Crippen LogP contribution in [0.2, 0.25) is 0 Å². The van der Waals surface area contributed by atoms with Crippen molar-refractivity contribution in [3.8, 4) is 17.1 Å². The summed E-state index contributed by atoms with van der Waals surface area (Å²) >= 11 is 5.37. The Morgan fingerprint density at radius 2 is 1.79 bits per heavy atom. The average Bonchev–Trinajstić information content (AvgIpc) is 3.21. The van der Waals surface area contributed by atoms with E-state index in [1.807, 2.05) is 90.4 Å². The zero-order valence-corrected chi connectivity index (χ0v) is 19.3. The maximum absolute atomic E-state index is 12.5. The zero-order chi connectivity index (χ0) is 23.0. The summed E-state index contributed by atoms with van der Waals surface area (Å²) in [5, 5.41) is 10.1. The highest BCUT2D eigenvalue weighted by Gasteiger charge is 2.11. The molecule has 0 fully saturated rings. The molecule has 4 rings (SSSR count). The third-order valence-electron chi connectivity index (χ3n) is 5.27. The SMILES string of the molecule is Cc1ccc(-c2n[nH]c(=S)n2CCC(=O)NCc2cccc(OCc3ccccc3)c2)cc1. The molecule has 3 aromatic carbocycles. The fourth-order valence-corrected chi connectivity index (χ4v) is 3.66. The molecule has 4 aromatic rings. The summed E-state index contributed by atoms with van der Waals surface area (Å²) < 4.78 is 8.23. The van der Waals surface area contributed by atoms with Gasteiger partial charge in [0.05, 0.1) is 0 Å². The van der Waals surface area contributed by atoms with Crippen molar-refractivity contribution in [1.82, 2.24) is 20.1 Å². The number of nitrogens with one attached hydrogen (secondary N) is 2. The molecule has 33 heavy (non-hydrogen) atoms. The van der Waals surface area contributed by atoms with Crippen LogP contribution in [0.5, 0.6) is 5.75 Å². The fraction of sp³-hybridized carbons (Fsp3) is 0.192. The van der Waals surface area contributed by atoms with Gasteiger partial charge in [0.1, 0.15) is 12.4 Å². The number of amides is 1. The Hall–Kier alpha value is -3.71. The summed E-state index contributed by atoms with van der Waals surface area (Å²) in [5.41, 5.74) is 4.22. The van der Waals surface area contributed by atoms with Crippen molar-refractivity contribution in [1.29, 1.82) is 0 Å². The second-order valence-corrected chi connectivity index (χ2v) is 8.21. The van der Waals surface area contributed by atoms with Crippen LogP contribution >= 0.6 is 12.2 Å². The van der Waals surface area contributed by atoms with E-state index in [1.54, 1.807) is 0 Å². The largest absolute Gasteiger partial charge is 0.489 e. The Bertz CT molecular complexity index is 1260. The van der Waals surface area contributed by atoms with Crippen molar-refractivity contribution < 1.29 is 9.53 Å². The summed E-state index contributed by atoms with van der Waals surface area (Å²) in [5.74, 6) is 1.46. The van der Waals surface area contributed by atoms with Crippen molar-refractivity contribution in [3.63, 3.8) is 0 Å². The molecule has 0 saturated carbocycles. The molecule has 0 aliphatic rings. The Morgan fingerprint density at radius 3 is 2.58 bits per heavy atom. The van der Waals surface area contributed by atoms with Gasteiger partial charge in [-0.1, -0.05) is 72.3 Å². The van der Waals surface area contributed by atoms with Crippen LogP contribution < -0.4 is 10.1 Å². The van der Waals surface area contributed by atoms with E-state index >= 15 is 0 Å². The normalized spacial score (nSPS) is 10.7. The third kappa shape index (κ3) is 6.17. The number of hydrogen-bond acceptors (Lipinski definition) is 4. The lowest BCUT2D eigenvalue weighted by Crippen LogP contribution is -2.24. The standard InChI is InChI=1S/C26H26N4O2S/c1-19-10-12-22(13-11-19)25-28-29-26(33)30(25)15-14-24(31)27-17-21-8-5-9-23(16-21)32-18-20-6-3-2-4-7-20/h2-13,16H,14-15,17-18H2,1H3,(H,27,31)(H,29,33). The average molecular weight is 459 g/mol. The van der Waals surface area contributed by atoms with E-state index in [4.69, 9.17) is 17.0 Å². The van der Waals surface area contributed by atoms with Crippen molar-refractivity contribution in [2.24, 2.45) is 0 Å². The third-order valence-corrected chi connectivity index (χ3v) is 5.58. The molecule has 6 nitrogen and oxygen atoms in total. The van der Waals surface area contributed by atoms with Crippen LogP contribution in [0, 0.1) is 11.7 Å². The van der Waals surface area contributed by atoms with Crippen molar-refractivity contribution in [3.05, 3.63) is 100 Å². The van der Waals surface area contributed by atoms with Gasteiger partial charge in [-0.25, -0.2) is 0 Å². The molecule has 1 heterocycles. The van der Waals surface area contributed by atoms with Crippen LogP contribution in [0.4, 0.5) is 0 Å². The summed E-state index contributed by atoms with van der Waals surface area (Å²) in [6.45, 7) is 3.43. The predicted molar refractivity (Wildman–Crippen MR) is 131 cm³/mol. The lowest BCUT2D eigenvalue weighted by molar-refractivity contribution is -0.121. The molecule has 2 N–H and O–H groups in total. The van der Waals surface area contributed by atoms with Gasteiger partial charge in [-0.3, -0.25) is 14.5 Å². The Morgan fingerprint density at radius 1 is 1.03 bits per heavy atom. The quantitative estimate of drug-likeness (QED) is 0.338. The maximum atomic E-state index is 12.5. The molecule has 0 atom stereocenters. The molecular weight excluding hydrogens is 432 g/mol. The smallest absolute Gasteiger partial charge is 0.222 e. The summed E-state index contributed by atoms with van der Waals surface area (Å²) in [6, 6.07) is 25.9. The number of aryl methyl sites for hydroxylation is 1. The van der Waals surface area contributed by atoms with Gasteiger partial charge >= 0.3 is 0 Å². The number of benzene rings is 3. The first-order valence-electron chi connectivity index (χ1n) is 10.8. The topological polar surface area (TPSA) is 71.9 Å². The van der Waals surface area contributed by atoms with Gasteiger partial charge in [0.15, 0.2) is 10.6 Å². The highest BCUT2D eigenvalue weighted by atomic mass is 32.1. The summed E-state index contributed by atoms with van der Waals surface area (Å²) in [7, 11) is 0. The zero-order valence-electron chi connectivity index (χ0n) is 18.5. The minimum absolute atomic E-state index is 0.0523. The second kappa shape index (κ2) is 10.7. The van der Waals surface area contributed by atoms with Crippen LogP contribution in [-0.2, 0) is 24.5 Å². The second-order valence-electron chi connectivity index (χ2n) is 7.82. The van der Waals surface area contributed by atoms with Gasteiger partial charge in [-0.15, -0.1) is 0 Å². The molecule has 0 aliphatic carbocycles. The molecule has 0 radical (unpaired) electrons. The highest BCUT2D eigenvalue weighted by molar-refractivity contribution is 7.71. The van der Waals surface area contributed by atoms with Crippen LogP contribution in [-0.4, -0.2) is 20.7 Å². The summed E-state index contributed by atoms with van der Waals surface area (Å²) in [6.07, 6.45) is 0.302. The van der Waals surface area contributed by atoms with E-state index in [1.165, 1.54) is 5.56 Å². The van der Waals surface area contributed by atoms with E-state index in [-0.39, 0.29) is 5.91 Å². The lowest BCUT2D eigenvalue weighted by atomic mass is 10.1. The first kappa shape index (κ1) is 22.5. The number of carbonyl (C=O) groups is 1. The molecule has 0 unspecified atom stereocenters. The van der Waals surface area contributed by atoms with Crippen molar-refractivity contribution in [2.75, 3.05) is 0 Å². The molecule has 0 spiro atoms. The van der Waals surface area contributed by atoms with E-state index in [0.717, 1.165) is 28.3 Å². The molecule has 1 amide bonds. The number of nitrogens with zero attached hydrogens (tertiary/aromatic N) is 2. The van der Waals surface area contributed by atoms with Crippen LogP contribution in [0.3, 0.4) is 0 Å². The molecular formula is C26H26N4O2S. The molecule has 1 aromatic heterocycles. The first-order valence-corrected chi connectivity index (χ1v) is 11.2. The van der Waals surface area contributed by atoms with Gasteiger partial charge in [0.25, 0.3) is 0 Å². The van der Waals surface area contributed by atoms with Gasteiger partial charge in [-0.05, 0) is 42.4 Å². The van der Waals surface area contributed by atoms with E-state index in [2.05, 4.69) is 15.5 Å². The molecule has 168 valence electrons. The van der Waals surface area contributed by atoms with Gasteiger partial charge in [0.2, 0.25) is 5.91 Å². The van der Waals surface area contributed by atoms with Gasteiger partial charge < -0.3 is 10.1 Å². The van der Waals surface area contributed by atoms with Crippen LogP contribution in [0.1, 0.15) is 23.1 Å². The number of carbonyl (C=O) groups excluding carboxylic acids is 1.